The van der Waals surface area contributed by atoms with Crippen LogP contribution in [-0.2, 0) is 6.54 Å². The molecule has 0 radical (unpaired) electrons. The normalized spacial score (nSPS) is 24.1. The molecule has 2 unspecified atom stereocenters. The maximum atomic E-state index is 9.67. The SMILES string of the molecule is CC1CCC(CNCc2cc(Cl)ccc2O)C1. The van der Waals surface area contributed by atoms with E-state index in [2.05, 4.69) is 12.2 Å². The summed E-state index contributed by atoms with van der Waals surface area (Å²) in [4.78, 5) is 0. The van der Waals surface area contributed by atoms with Crippen molar-refractivity contribution >= 4 is 11.6 Å². The molecule has 1 aromatic rings. The van der Waals surface area contributed by atoms with Crippen molar-refractivity contribution < 1.29 is 5.11 Å². The van der Waals surface area contributed by atoms with Gasteiger partial charge in [0.25, 0.3) is 0 Å². The summed E-state index contributed by atoms with van der Waals surface area (Å²) in [5.41, 5.74) is 0.878. The Hall–Kier alpha value is -0.730. The van der Waals surface area contributed by atoms with Crippen LogP contribution in [0.5, 0.6) is 5.75 Å². The van der Waals surface area contributed by atoms with Crippen LogP contribution in [0.4, 0.5) is 0 Å². The highest BCUT2D eigenvalue weighted by molar-refractivity contribution is 6.30. The topological polar surface area (TPSA) is 32.3 Å². The van der Waals surface area contributed by atoms with Gasteiger partial charge in [-0.1, -0.05) is 24.9 Å². The van der Waals surface area contributed by atoms with E-state index in [1.54, 1.807) is 12.1 Å². The predicted octanol–water partition coefficient (Wildman–Crippen LogP) is 3.57. The Morgan fingerprint density at radius 2 is 2.24 bits per heavy atom. The molecule has 1 fully saturated rings. The van der Waals surface area contributed by atoms with Gasteiger partial charge in [-0.3, -0.25) is 0 Å². The predicted molar refractivity (Wildman–Crippen MR) is 71.3 cm³/mol. The van der Waals surface area contributed by atoms with Crippen LogP contribution in [0.1, 0.15) is 31.7 Å². The summed E-state index contributed by atoms with van der Waals surface area (Å²) < 4.78 is 0. The molecule has 94 valence electrons. The highest BCUT2D eigenvalue weighted by Gasteiger charge is 2.20. The number of phenols is 1. The Labute approximate surface area is 108 Å². The molecule has 0 saturated heterocycles. The molecule has 0 spiro atoms. The van der Waals surface area contributed by atoms with Crippen molar-refractivity contribution in [3.05, 3.63) is 28.8 Å². The van der Waals surface area contributed by atoms with Crippen LogP contribution in [0.25, 0.3) is 0 Å². The molecular formula is C14H20ClNO. The van der Waals surface area contributed by atoms with Gasteiger partial charge in [0.15, 0.2) is 0 Å². The van der Waals surface area contributed by atoms with Crippen molar-refractivity contribution in [2.45, 2.75) is 32.7 Å². The van der Waals surface area contributed by atoms with E-state index in [0.717, 1.165) is 23.9 Å². The summed E-state index contributed by atoms with van der Waals surface area (Å²) in [6, 6.07) is 5.18. The Balaban J connectivity index is 1.80. The molecular weight excluding hydrogens is 234 g/mol. The summed E-state index contributed by atoms with van der Waals surface area (Å²) >= 11 is 5.90. The Bertz CT molecular complexity index is 380. The van der Waals surface area contributed by atoms with Gasteiger partial charge < -0.3 is 10.4 Å². The third-order valence-electron chi connectivity index (χ3n) is 3.59. The Kier molecular flexibility index (Phi) is 4.30. The first-order valence-electron chi connectivity index (χ1n) is 6.33. The van der Waals surface area contributed by atoms with E-state index in [4.69, 9.17) is 11.6 Å². The maximum absolute atomic E-state index is 9.67. The Morgan fingerprint density at radius 3 is 2.94 bits per heavy atom. The fraction of sp³-hybridized carbons (Fsp3) is 0.571. The van der Waals surface area contributed by atoms with Gasteiger partial charge in [-0.25, -0.2) is 0 Å². The second-order valence-electron chi connectivity index (χ2n) is 5.19. The zero-order valence-corrected chi connectivity index (χ0v) is 11.0. The molecule has 2 rings (SSSR count). The van der Waals surface area contributed by atoms with Gasteiger partial charge in [0, 0.05) is 17.1 Å². The van der Waals surface area contributed by atoms with E-state index in [1.165, 1.54) is 19.3 Å². The van der Waals surface area contributed by atoms with E-state index < -0.39 is 0 Å². The van der Waals surface area contributed by atoms with Crippen LogP contribution in [-0.4, -0.2) is 11.7 Å². The number of aromatic hydroxyl groups is 1. The van der Waals surface area contributed by atoms with Crippen LogP contribution in [0.3, 0.4) is 0 Å². The van der Waals surface area contributed by atoms with Crippen molar-refractivity contribution in [3.8, 4) is 5.75 Å². The Morgan fingerprint density at radius 1 is 1.41 bits per heavy atom. The molecule has 1 saturated carbocycles. The van der Waals surface area contributed by atoms with Crippen LogP contribution in [0.2, 0.25) is 5.02 Å². The summed E-state index contributed by atoms with van der Waals surface area (Å²) in [7, 11) is 0. The van der Waals surface area contributed by atoms with Crippen molar-refractivity contribution in [1.29, 1.82) is 0 Å². The molecule has 2 atom stereocenters. The quantitative estimate of drug-likeness (QED) is 0.860. The summed E-state index contributed by atoms with van der Waals surface area (Å²) in [6.45, 7) is 4.05. The molecule has 0 aromatic heterocycles. The number of benzene rings is 1. The second-order valence-corrected chi connectivity index (χ2v) is 5.62. The van der Waals surface area contributed by atoms with Gasteiger partial charge in [0.1, 0.15) is 5.75 Å². The van der Waals surface area contributed by atoms with Crippen LogP contribution in [0.15, 0.2) is 18.2 Å². The van der Waals surface area contributed by atoms with Crippen molar-refractivity contribution in [2.24, 2.45) is 11.8 Å². The highest BCUT2D eigenvalue weighted by atomic mass is 35.5. The molecule has 0 bridgehead atoms. The molecule has 0 amide bonds. The average Bonchev–Trinajstić information content (AvgIpc) is 2.69. The summed E-state index contributed by atoms with van der Waals surface area (Å²) in [5, 5.41) is 13.8. The van der Waals surface area contributed by atoms with E-state index >= 15 is 0 Å². The van der Waals surface area contributed by atoms with Crippen LogP contribution < -0.4 is 5.32 Å². The number of phenolic OH excluding ortho intramolecular Hbond substituents is 1. The minimum atomic E-state index is 0.321. The number of rotatable bonds is 4. The number of hydrogen-bond acceptors (Lipinski definition) is 2. The fourth-order valence-electron chi connectivity index (χ4n) is 2.62. The largest absolute Gasteiger partial charge is 0.508 e. The zero-order chi connectivity index (χ0) is 12.3. The standard InChI is InChI=1S/C14H20ClNO/c1-10-2-3-11(6-10)8-16-9-12-7-13(15)4-5-14(12)17/h4-5,7,10-11,16-17H,2-3,6,8-9H2,1H3. The van der Waals surface area contributed by atoms with E-state index in [0.29, 0.717) is 17.3 Å². The lowest BCUT2D eigenvalue weighted by Gasteiger charge is -2.12. The molecule has 1 aromatic carbocycles. The van der Waals surface area contributed by atoms with E-state index in [1.807, 2.05) is 6.07 Å². The van der Waals surface area contributed by atoms with E-state index in [-0.39, 0.29) is 0 Å². The molecule has 0 heterocycles. The molecule has 2 N–H and O–H groups in total. The van der Waals surface area contributed by atoms with Gasteiger partial charge >= 0.3 is 0 Å². The molecule has 2 nitrogen and oxygen atoms in total. The molecule has 0 aliphatic heterocycles. The smallest absolute Gasteiger partial charge is 0.120 e. The first kappa shape index (κ1) is 12.7. The zero-order valence-electron chi connectivity index (χ0n) is 10.2. The summed E-state index contributed by atoms with van der Waals surface area (Å²) in [5.74, 6) is 1.99. The summed E-state index contributed by atoms with van der Waals surface area (Å²) in [6.07, 6.45) is 4.01. The van der Waals surface area contributed by atoms with Crippen LogP contribution in [0, 0.1) is 11.8 Å². The molecule has 3 heteroatoms. The number of nitrogens with one attached hydrogen (secondary N) is 1. The third-order valence-corrected chi connectivity index (χ3v) is 3.83. The van der Waals surface area contributed by atoms with Crippen LogP contribution >= 0.6 is 11.6 Å². The number of hydrogen-bond donors (Lipinski definition) is 2. The first-order valence-corrected chi connectivity index (χ1v) is 6.71. The molecule has 1 aliphatic carbocycles. The highest BCUT2D eigenvalue weighted by Crippen LogP contribution is 2.29. The lowest BCUT2D eigenvalue weighted by molar-refractivity contribution is 0.449. The maximum Gasteiger partial charge on any atom is 0.120 e. The minimum absolute atomic E-state index is 0.321. The second kappa shape index (κ2) is 5.74. The van der Waals surface area contributed by atoms with Crippen molar-refractivity contribution in [1.82, 2.24) is 5.32 Å². The first-order chi connectivity index (χ1) is 8.15. The number of halogens is 1. The van der Waals surface area contributed by atoms with Gasteiger partial charge in [0.05, 0.1) is 0 Å². The molecule has 17 heavy (non-hydrogen) atoms. The lowest BCUT2D eigenvalue weighted by Crippen LogP contribution is -2.21. The van der Waals surface area contributed by atoms with Gasteiger partial charge in [-0.05, 0) is 49.4 Å². The van der Waals surface area contributed by atoms with Gasteiger partial charge in [-0.15, -0.1) is 0 Å². The van der Waals surface area contributed by atoms with Crippen molar-refractivity contribution in [3.63, 3.8) is 0 Å². The monoisotopic (exact) mass is 253 g/mol. The molecule has 1 aliphatic rings. The van der Waals surface area contributed by atoms with Crippen molar-refractivity contribution in [2.75, 3.05) is 6.54 Å². The van der Waals surface area contributed by atoms with Gasteiger partial charge in [-0.2, -0.15) is 0 Å². The fourth-order valence-corrected chi connectivity index (χ4v) is 2.81. The van der Waals surface area contributed by atoms with E-state index in [9.17, 15) is 5.11 Å². The minimum Gasteiger partial charge on any atom is -0.508 e. The average molecular weight is 254 g/mol. The van der Waals surface area contributed by atoms with Gasteiger partial charge in [0.2, 0.25) is 0 Å². The lowest BCUT2D eigenvalue weighted by atomic mass is 10.1. The third kappa shape index (κ3) is 3.62.